The van der Waals surface area contributed by atoms with Crippen LogP contribution in [0.1, 0.15) is 31.0 Å². The first kappa shape index (κ1) is 26.1. The number of nitrogens with zero attached hydrogens (tertiary/aromatic N) is 4. The minimum Gasteiger partial charge on any atom is -0.384 e. The molecule has 0 saturated heterocycles. The van der Waals surface area contributed by atoms with Crippen LogP contribution in [0.15, 0.2) is 54.3 Å². The molecular formula is C26H25F3N4O4S. The van der Waals surface area contributed by atoms with Crippen molar-refractivity contribution in [3.63, 3.8) is 0 Å². The van der Waals surface area contributed by atoms with Crippen LogP contribution >= 0.6 is 0 Å². The summed E-state index contributed by atoms with van der Waals surface area (Å²) >= 11 is 0. The van der Waals surface area contributed by atoms with Gasteiger partial charge in [0.25, 0.3) is 0 Å². The van der Waals surface area contributed by atoms with Crippen LogP contribution < -0.4 is 0 Å². The van der Waals surface area contributed by atoms with Crippen LogP contribution in [0.2, 0.25) is 0 Å². The number of amides is 1. The number of aromatic nitrogens is 3. The van der Waals surface area contributed by atoms with E-state index in [1.54, 1.807) is 25.3 Å². The number of halogens is 3. The normalized spacial score (nSPS) is 19.9. The molecule has 5 rings (SSSR count). The van der Waals surface area contributed by atoms with Crippen molar-refractivity contribution in [2.75, 3.05) is 5.75 Å². The van der Waals surface area contributed by atoms with E-state index in [1.807, 2.05) is 0 Å². The number of aliphatic hydroxyl groups is 1. The van der Waals surface area contributed by atoms with Crippen molar-refractivity contribution in [3.05, 3.63) is 83.0 Å². The number of carbonyl (C=O) groups is 1. The number of hydrogen-bond acceptors (Lipinski definition) is 6. The predicted octanol–water partition coefficient (Wildman–Crippen LogP) is 3.32. The van der Waals surface area contributed by atoms with E-state index in [2.05, 4.69) is 10.1 Å². The fraction of sp³-hybridized carbons (Fsp3) is 0.346. The molecule has 2 unspecified atom stereocenters. The summed E-state index contributed by atoms with van der Waals surface area (Å²) in [4.78, 5) is 19.1. The average molecular weight is 547 g/mol. The molecular weight excluding hydrogens is 521 g/mol. The van der Waals surface area contributed by atoms with Gasteiger partial charge in [-0.15, -0.1) is 0 Å². The van der Waals surface area contributed by atoms with E-state index < -0.39 is 44.8 Å². The Kier molecular flexibility index (Phi) is 6.64. The summed E-state index contributed by atoms with van der Waals surface area (Å²) in [5, 5.41) is 16.1. The lowest BCUT2D eigenvalue weighted by Crippen LogP contribution is -2.42. The second-order valence-electron chi connectivity index (χ2n) is 9.90. The topological polar surface area (TPSA) is 105 Å². The minimum atomic E-state index is -3.47. The maximum absolute atomic E-state index is 13.7. The van der Waals surface area contributed by atoms with Gasteiger partial charge in [-0.3, -0.25) is 14.5 Å². The highest BCUT2D eigenvalue weighted by Crippen LogP contribution is 2.44. The molecule has 2 aromatic heterocycles. The molecule has 1 amide bonds. The highest BCUT2D eigenvalue weighted by atomic mass is 32.2. The quantitative estimate of drug-likeness (QED) is 0.435. The third kappa shape index (κ3) is 5.37. The lowest BCUT2D eigenvalue weighted by molar-refractivity contribution is -0.133. The fourth-order valence-corrected chi connectivity index (χ4v) is 5.89. The smallest absolute Gasteiger partial charge is 0.245 e. The van der Waals surface area contributed by atoms with E-state index in [1.165, 1.54) is 28.1 Å². The molecule has 0 bridgehead atoms. The molecule has 3 aromatic rings. The summed E-state index contributed by atoms with van der Waals surface area (Å²) in [5.41, 5.74) is 0.363. The van der Waals surface area contributed by atoms with Crippen molar-refractivity contribution in [3.8, 4) is 11.1 Å². The number of benzene rings is 1. The van der Waals surface area contributed by atoms with E-state index >= 15 is 0 Å². The van der Waals surface area contributed by atoms with Gasteiger partial charge in [0.1, 0.15) is 12.1 Å². The largest absolute Gasteiger partial charge is 0.384 e. The van der Waals surface area contributed by atoms with E-state index in [9.17, 15) is 31.5 Å². The van der Waals surface area contributed by atoms with E-state index in [-0.39, 0.29) is 35.9 Å². The number of pyridine rings is 1. The molecule has 3 heterocycles. The Bertz CT molecular complexity index is 1510. The maximum atomic E-state index is 13.7. The molecule has 12 heteroatoms. The third-order valence-corrected chi connectivity index (χ3v) is 8.33. The van der Waals surface area contributed by atoms with E-state index in [4.69, 9.17) is 0 Å². The molecule has 1 saturated carbocycles. The Morgan fingerprint density at radius 1 is 1.18 bits per heavy atom. The van der Waals surface area contributed by atoms with Gasteiger partial charge in [-0.05, 0) is 67.2 Å². The first-order valence-corrected chi connectivity index (χ1v) is 13.7. The van der Waals surface area contributed by atoms with E-state index in [0.29, 0.717) is 11.3 Å². The molecule has 1 N–H and O–H groups in total. The number of carbonyl (C=O) groups excluding carboxylic acids is 1. The summed E-state index contributed by atoms with van der Waals surface area (Å²) in [7, 11) is -3.47. The monoisotopic (exact) mass is 546 g/mol. The van der Waals surface area contributed by atoms with Gasteiger partial charge in [0.15, 0.2) is 27.3 Å². The molecule has 38 heavy (non-hydrogen) atoms. The maximum Gasteiger partial charge on any atom is 0.245 e. The second-order valence-corrected chi connectivity index (χ2v) is 11.8. The molecule has 2 aliphatic rings. The molecule has 1 aromatic carbocycles. The summed E-state index contributed by atoms with van der Waals surface area (Å²) in [6, 6.07) is 4.36. The van der Waals surface area contributed by atoms with Gasteiger partial charge in [-0.1, -0.05) is 0 Å². The lowest BCUT2D eigenvalue weighted by atomic mass is 9.94. The Labute approximate surface area is 217 Å². The third-order valence-electron chi connectivity index (χ3n) is 6.95. The minimum absolute atomic E-state index is 0.0498. The van der Waals surface area contributed by atoms with Gasteiger partial charge in [-0.2, -0.15) is 5.10 Å². The number of sulfone groups is 1. The highest BCUT2D eigenvalue weighted by molar-refractivity contribution is 7.94. The Morgan fingerprint density at radius 3 is 2.53 bits per heavy atom. The Hall–Kier alpha value is -3.51. The Balaban J connectivity index is 1.38. The van der Waals surface area contributed by atoms with Gasteiger partial charge in [0.05, 0.1) is 23.7 Å². The SMILES string of the molecule is CC(O)(c1cc(CN(C(=O)Cn2cc(-c3cc(F)c(F)c(F)c3)cn2)C2C=CS(=O)(=O)C2)ccn1)C1CC1. The number of rotatable bonds is 8. The summed E-state index contributed by atoms with van der Waals surface area (Å²) < 4.78 is 66.1. The van der Waals surface area contributed by atoms with Crippen LogP contribution in [0.3, 0.4) is 0 Å². The van der Waals surface area contributed by atoms with E-state index in [0.717, 1.165) is 30.4 Å². The molecule has 1 aliphatic carbocycles. The van der Waals surface area contributed by atoms with Crippen LogP contribution in [-0.4, -0.2) is 50.9 Å². The molecule has 1 aliphatic heterocycles. The summed E-state index contributed by atoms with van der Waals surface area (Å²) in [6.45, 7) is 1.48. The van der Waals surface area contributed by atoms with Crippen LogP contribution in [0.4, 0.5) is 13.2 Å². The zero-order valence-electron chi connectivity index (χ0n) is 20.4. The highest BCUT2D eigenvalue weighted by Gasteiger charge is 2.42. The second kappa shape index (κ2) is 9.66. The van der Waals surface area contributed by atoms with Crippen molar-refractivity contribution in [2.45, 2.75) is 44.5 Å². The van der Waals surface area contributed by atoms with Crippen molar-refractivity contribution < 1.29 is 31.5 Å². The summed E-state index contributed by atoms with van der Waals surface area (Å²) in [6.07, 6.45) is 7.48. The molecule has 1 fully saturated rings. The van der Waals surface area contributed by atoms with Crippen LogP contribution in [0, 0.1) is 23.4 Å². The van der Waals surface area contributed by atoms with Gasteiger partial charge in [0, 0.05) is 29.9 Å². The zero-order chi connectivity index (χ0) is 27.2. The van der Waals surface area contributed by atoms with Crippen LogP contribution in [0.25, 0.3) is 11.1 Å². The van der Waals surface area contributed by atoms with Crippen molar-refractivity contribution in [2.24, 2.45) is 5.92 Å². The average Bonchev–Trinajstić information content (AvgIpc) is 3.54. The zero-order valence-corrected chi connectivity index (χ0v) is 21.2. The molecule has 2 atom stereocenters. The van der Waals surface area contributed by atoms with Gasteiger partial charge < -0.3 is 10.0 Å². The first-order chi connectivity index (χ1) is 17.9. The van der Waals surface area contributed by atoms with Gasteiger partial charge >= 0.3 is 0 Å². The Morgan fingerprint density at radius 2 is 1.89 bits per heavy atom. The fourth-order valence-electron chi connectivity index (χ4n) is 4.60. The first-order valence-electron chi connectivity index (χ1n) is 12.0. The van der Waals surface area contributed by atoms with Crippen LogP contribution in [0.5, 0.6) is 0 Å². The molecule has 8 nitrogen and oxygen atoms in total. The van der Waals surface area contributed by atoms with Gasteiger partial charge in [-0.25, -0.2) is 21.6 Å². The molecule has 0 radical (unpaired) electrons. The van der Waals surface area contributed by atoms with Gasteiger partial charge in [0.2, 0.25) is 5.91 Å². The number of hydrogen-bond donors (Lipinski definition) is 1. The predicted molar refractivity (Wildman–Crippen MR) is 131 cm³/mol. The van der Waals surface area contributed by atoms with Crippen molar-refractivity contribution >= 4 is 15.7 Å². The van der Waals surface area contributed by atoms with Crippen molar-refractivity contribution in [1.29, 1.82) is 0 Å². The lowest BCUT2D eigenvalue weighted by Gasteiger charge is -2.28. The standard InChI is InChI=1S/C26H25F3N4O4S/c1-26(35,19-2-3-19)23-8-16(4-6-30-23)12-33(20-5-7-38(36,37)15-20)24(34)14-32-13-18(11-31-32)17-9-21(27)25(29)22(28)10-17/h4-11,13,19-20,35H,2-3,12,14-15H2,1H3. The van der Waals surface area contributed by atoms with Crippen LogP contribution in [-0.2, 0) is 33.3 Å². The summed E-state index contributed by atoms with van der Waals surface area (Å²) in [5.74, 6) is -4.87. The molecule has 200 valence electrons. The van der Waals surface area contributed by atoms with Crippen molar-refractivity contribution in [1.82, 2.24) is 19.7 Å². The molecule has 0 spiro atoms.